The van der Waals surface area contributed by atoms with Crippen molar-refractivity contribution in [3.8, 4) is 0 Å². The van der Waals surface area contributed by atoms with Crippen LogP contribution in [0.2, 0.25) is 0 Å². The number of aryl methyl sites for hydroxylation is 1. The number of hydrogen-bond donors (Lipinski definition) is 1. The second kappa shape index (κ2) is 5.88. The zero-order valence-corrected chi connectivity index (χ0v) is 13.3. The van der Waals surface area contributed by atoms with Crippen LogP contribution in [0.3, 0.4) is 0 Å². The van der Waals surface area contributed by atoms with Crippen LogP contribution in [0.1, 0.15) is 11.3 Å². The smallest absolute Gasteiger partial charge is 0.256 e. The molecular formula is C15H13FN4O2S. The number of thiazole rings is 1. The Morgan fingerprint density at radius 2 is 2.17 bits per heavy atom. The Bertz CT molecular complexity index is 964. The topological polar surface area (TPSA) is 76.9 Å². The molecule has 3 aromatic rings. The lowest BCUT2D eigenvalue weighted by Crippen LogP contribution is -2.29. The molecule has 0 unspecified atom stereocenters. The number of carbonyl (C=O) groups is 1. The Morgan fingerprint density at radius 1 is 1.39 bits per heavy atom. The maximum absolute atomic E-state index is 13.6. The van der Waals surface area contributed by atoms with E-state index in [0.29, 0.717) is 21.1 Å². The van der Waals surface area contributed by atoms with E-state index in [0.717, 1.165) is 0 Å². The average molecular weight is 332 g/mol. The molecule has 0 bridgehead atoms. The summed E-state index contributed by atoms with van der Waals surface area (Å²) in [7, 11) is 0. The van der Waals surface area contributed by atoms with Crippen molar-refractivity contribution in [3.05, 3.63) is 52.0 Å². The highest BCUT2D eigenvalue weighted by molar-refractivity contribution is 7.22. The predicted octanol–water partition coefficient (Wildman–Crippen LogP) is 2.25. The lowest BCUT2D eigenvalue weighted by atomic mass is 10.3. The van der Waals surface area contributed by atoms with Gasteiger partial charge in [-0.3, -0.25) is 14.2 Å². The van der Waals surface area contributed by atoms with Gasteiger partial charge in [-0.1, -0.05) is 17.4 Å². The number of aromatic nitrogens is 3. The summed E-state index contributed by atoms with van der Waals surface area (Å²) < 4.78 is 15.5. The second-order valence-electron chi connectivity index (χ2n) is 5.04. The zero-order valence-electron chi connectivity index (χ0n) is 12.5. The number of nitrogens with one attached hydrogen (secondary N) is 1. The normalized spacial score (nSPS) is 10.9. The van der Waals surface area contributed by atoms with Gasteiger partial charge in [-0.15, -0.1) is 0 Å². The summed E-state index contributed by atoms with van der Waals surface area (Å²) in [6, 6.07) is 4.62. The number of amides is 1. The first-order chi connectivity index (χ1) is 11.0. The first-order valence-electron chi connectivity index (χ1n) is 6.83. The number of halogens is 1. The van der Waals surface area contributed by atoms with Crippen molar-refractivity contribution in [1.82, 2.24) is 14.5 Å². The Kier molecular flexibility index (Phi) is 3.91. The van der Waals surface area contributed by atoms with E-state index in [1.54, 1.807) is 26.0 Å². The van der Waals surface area contributed by atoms with Crippen LogP contribution in [0.25, 0.3) is 10.2 Å². The van der Waals surface area contributed by atoms with Crippen LogP contribution in [-0.2, 0) is 11.3 Å². The van der Waals surface area contributed by atoms with Gasteiger partial charge in [0, 0.05) is 11.3 Å². The van der Waals surface area contributed by atoms with Gasteiger partial charge in [-0.2, -0.15) is 0 Å². The maximum Gasteiger partial charge on any atom is 0.256 e. The van der Waals surface area contributed by atoms with Crippen LogP contribution < -0.4 is 10.9 Å². The highest BCUT2D eigenvalue weighted by Crippen LogP contribution is 2.27. The standard InChI is InChI=1S/C15H13FN4O2S/c1-8-9(2)17-7-20(14(8)22)6-12(21)18-15-19-13-10(16)4-3-5-11(13)23-15/h3-5,7H,6H2,1-2H3,(H,18,19,21). The van der Waals surface area contributed by atoms with Crippen LogP contribution in [0.15, 0.2) is 29.3 Å². The lowest BCUT2D eigenvalue weighted by Gasteiger charge is -2.07. The molecule has 0 aliphatic heterocycles. The molecule has 0 aliphatic rings. The first kappa shape index (κ1) is 15.3. The molecule has 3 rings (SSSR count). The third kappa shape index (κ3) is 2.98. The second-order valence-corrected chi connectivity index (χ2v) is 6.07. The summed E-state index contributed by atoms with van der Waals surface area (Å²) in [4.78, 5) is 32.2. The highest BCUT2D eigenvalue weighted by atomic mass is 32.1. The SMILES string of the molecule is Cc1ncn(CC(=O)Nc2nc3c(F)cccc3s2)c(=O)c1C. The Morgan fingerprint density at radius 3 is 2.91 bits per heavy atom. The summed E-state index contributed by atoms with van der Waals surface area (Å²) in [5, 5.41) is 2.87. The van der Waals surface area contributed by atoms with E-state index in [4.69, 9.17) is 0 Å². The number of rotatable bonds is 3. The number of para-hydroxylation sites is 1. The Balaban J connectivity index is 1.80. The molecule has 0 radical (unpaired) electrons. The summed E-state index contributed by atoms with van der Waals surface area (Å²) in [5.41, 5.74) is 1.09. The van der Waals surface area contributed by atoms with Crippen molar-refractivity contribution in [2.45, 2.75) is 20.4 Å². The van der Waals surface area contributed by atoms with Crippen molar-refractivity contribution >= 4 is 32.6 Å². The molecule has 6 nitrogen and oxygen atoms in total. The number of hydrogen-bond acceptors (Lipinski definition) is 5. The van der Waals surface area contributed by atoms with Crippen LogP contribution in [-0.4, -0.2) is 20.4 Å². The third-order valence-corrected chi connectivity index (χ3v) is 4.38. The van der Waals surface area contributed by atoms with Gasteiger partial charge in [0.1, 0.15) is 17.9 Å². The molecule has 0 saturated heterocycles. The lowest BCUT2D eigenvalue weighted by molar-refractivity contribution is -0.116. The molecule has 8 heteroatoms. The molecule has 0 aliphatic carbocycles. The fourth-order valence-corrected chi connectivity index (χ4v) is 2.97. The molecule has 1 amide bonds. The molecule has 0 saturated carbocycles. The van der Waals surface area contributed by atoms with Gasteiger partial charge < -0.3 is 5.32 Å². The van der Waals surface area contributed by atoms with E-state index in [1.165, 1.54) is 28.3 Å². The van der Waals surface area contributed by atoms with Gasteiger partial charge in [0.2, 0.25) is 5.91 Å². The molecule has 118 valence electrons. The number of anilines is 1. The van der Waals surface area contributed by atoms with E-state index in [2.05, 4.69) is 15.3 Å². The fourth-order valence-electron chi connectivity index (χ4n) is 2.07. The van der Waals surface area contributed by atoms with Gasteiger partial charge in [-0.05, 0) is 26.0 Å². The molecule has 0 fully saturated rings. The molecule has 2 heterocycles. The monoisotopic (exact) mass is 332 g/mol. The molecule has 0 atom stereocenters. The van der Waals surface area contributed by atoms with E-state index in [9.17, 15) is 14.0 Å². The van der Waals surface area contributed by atoms with Gasteiger partial charge in [0.05, 0.1) is 11.0 Å². The molecule has 23 heavy (non-hydrogen) atoms. The zero-order chi connectivity index (χ0) is 16.6. The summed E-state index contributed by atoms with van der Waals surface area (Å²) in [5.74, 6) is -0.856. The minimum Gasteiger partial charge on any atom is -0.300 e. The van der Waals surface area contributed by atoms with Crippen molar-refractivity contribution in [2.75, 3.05) is 5.32 Å². The van der Waals surface area contributed by atoms with E-state index < -0.39 is 11.7 Å². The van der Waals surface area contributed by atoms with Gasteiger partial charge in [0.15, 0.2) is 5.13 Å². The largest absolute Gasteiger partial charge is 0.300 e. The number of benzene rings is 1. The number of nitrogens with zero attached hydrogens (tertiary/aromatic N) is 3. The number of carbonyl (C=O) groups excluding carboxylic acids is 1. The van der Waals surface area contributed by atoms with Crippen LogP contribution in [0.5, 0.6) is 0 Å². The first-order valence-corrected chi connectivity index (χ1v) is 7.65. The quantitative estimate of drug-likeness (QED) is 0.798. The minimum atomic E-state index is -0.436. The van der Waals surface area contributed by atoms with Crippen molar-refractivity contribution in [1.29, 1.82) is 0 Å². The summed E-state index contributed by atoms with van der Waals surface area (Å²) in [6.07, 6.45) is 1.34. The molecule has 1 aromatic carbocycles. The highest BCUT2D eigenvalue weighted by Gasteiger charge is 2.12. The van der Waals surface area contributed by atoms with Crippen molar-refractivity contribution in [3.63, 3.8) is 0 Å². The van der Waals surface area contributed by atoms with Gasteiger partial charge in [0.25, 0.3) is 5.56 Å². The predicted molar refractivity (Wildman–Crippen MR) is 86.2 cm³/mol. The van der Waals surface area contributed by atoms with Crippen LogP contribution >= 0.6 is 11.3 Å². The minimum absolute atomic E-state index is 0.175. The molecule has 0 spiro atoms. The number of fused-ring (bicyclic) bond motifs is 1. The van der Waals surface area contributed by atoms with Crippen LogP contribution in [0, 0.1) is 19.7 Å². The van der Waals surface area contributed by atoms with Crippen LogP contribution in [0.4, 0.5) is 9.52 Å². The van der Waals surface area contributed by atoms with Gasteiger partial charge in [-0.25, -0.2) is 14.4 Å². The maximum atomic E-state index is 13.6. The summed E-state index contributed by atoms with van der Waals surface area (Å²) >= 11 is 1.17. The van der Waals surface area contributed by atoms with E-state index in [1.807, 2.05) is 0 Å². The van der Waals surface area contributed by atoms with Crippen molar-refractivity contribution < 1.29 is 9.18 Å². The van der Waals surface area contributed by atoms with E-state index in [-0.39, 0.29) is 17.6 Å². The Hall–Kier alpha value is -2.61. The molecule has 2 aromatic heterocycles. The Labute approximate surface area is 134 Å². The summed E-state index contributed by atoms with van der Waals surface area (Å²) in [6.45, 7) is 3.22. The molecule has 1 N–H and O–H groups in total. The molecular weight excluding hydrogens is 319 g/mol. The average Bonchev–Trinajstić information content (AvgIpc) is 2.92. The van der Waals surface area contributed by atoms with E-state index >= 15 is 0 Å². The third-order valence-electron chi connectivity index (χ3n) is 3.45. The van der Waals surface area contributed by atoms with Gasteiger partial charge >= 0.3 is 0 Å². The van der Waals surface area contributed by atoms with Crippen molar-refractivity contribution in [2.24, 2.45) is 0 Å². The fraction of sp³-hybridized carbons (Fsp3) is 0.200.